The molecule has 3 N–H and O–H groups in total. The van der Waals surface area contributed by atoms with Gasteiger partial charge in [0.25, 0.3) is 5.56 Å². The van der Waals surface area contributed by atoms with Gasteiger partial charge in [-0.05, 0) is 59.5 Å². The average molecular weight is 553 g/mol. The van der Waals surface area contributed by atoms with E-state index in [2.05, 4.69) is 24.1 Å². The average Bonchev–Trinajstić information content (AvgIpc) is 2.74. The van der Waals surface area contributed by atoms with E-state index in [9.17, 15) is 14.7 Å². The number of hydrogen-bond acceptors (Lipinski definition) is 7. The summed E-state index contributed by atoms with van der Waals surface area (Å²) in [4.78, 5) is 33.8. The van der Waals surface area contributed by atoms with Gasteiger partial charge in [-0.25, -0.2) is 4.98 Å². The van der Waals surface area contributed by atoms with Gasteiger partial charge in [-0.1, -0.05) is 25.6 Å². The van der Waals surface area contributed by atoms with Crippen LogP contribution in [0.5, 0.6) is 11.5 Å². The molecule has 0 amide bonds. The van der Waals surface area contributed by atoms with Crippen LogP contribution in [0, 0.1) is 3.57 Å². The summed E-state index contributed by atoms with van der Waals surface area (Å²) in [6, 6.07) is 3.50. The lowest BCUT2D eigenvalue weighted by Gasteiger charge is -2.33. The highest BCUT2D eigenvalue weighted by Gasteiger charge is 2.38. The molecule has 31 heavy (non-hydrogen) atoms. The molecule has 2 unspecified atom stereocenters. The number of allylic oxidation sites excluding steroid dienone is 2. The number of Topliss-reactive ketones (excluding diaryl/α,β-unsaturated/α-hetero) is 1. The zero-order valence-corrected chi connectivity index (χ0v) is 20.5. The van der Waals surface area contributed by atoms with E-state index in [1.165, 1.54) is 18.9 Å². The van der Waals surface area contributed by atoms with E-state index in [4.69, 9.17) is 9.72 Å². The van der Waals surface area contributed by atoms with E-state index in [0.717, 1.165) is 30.5 Å². The fourth-order valence-corrected chi connectivity index (χ4v) is 5.49. The Morgan fingerprint density at radius 1 is 1.35 bits per heavy atom. The van der Waals surface area contributed by atoms with Gasteiger partial charge in [0.15, 0.2) is 22.4 Å². The first-order chi connectivity index (χ1) is 14.8. The Morgan fingerprint density at radius 2 is 2.13 bits per heavy atom. The number of nitrogens with one attached hydrogen (secondary N) is 2. The number of aromatic amines is 1. The zero-order chi connectivity index (χ0) is 22.3. The molecule has 7 nitrogen and oxygen atoms in total. The van der Waals surface area contributed by atoms with Crippen LogP contribution in [0.1, 0.15) is 56.6 Å². The fraction of sp³-hybridized carbons (Fsp3) is 0.409. The van der Waals surface area contributed by atoms with Crippen molar-refractivity contribution in [1.29, 1.82) is 0 Å². The number of aromatic hydroxyl groups is 1. The van der Waals surface area contributed by atoms with E-state index in [-0.39, 0.29) is 17.1 Å². The minimum atomic E-state index is -0.569. The number of rotatable bonds is 5. The van der Waals surface area contributed by atoms with E-state index in [0.29, 0.717) is 43.1 Å². The molecule has 4 rings (SSSR count). The summed E-state index contributed by atoms with van der Waals surface area (Å²) >= 11 is 3.55. The number of carbonyl (C=O) groups excluding carboxylic acids is 1. The van der Waals surface area contributed by atoms with Crippen molar-refractivity contribution < 1.29 is 14.6 Å². The Hall–Kier alpha value is -2.01. The topological polar surface area (TPSA) is 104 Å². The number of methoxy groups -OCH3 is 1. The summed E-state index contributed by atoms with van der Waals surface area (Å²) in [6.45, 7) is 4.18. The summed E-state index contributed by atoms with van der Waals surface area (Å²) in [6.07, 6.45) is 2.90. The number of thioether (sulfide) groups is 1. The maximum absolute atomic E-state index is 13.3. The van der Waals surface area contributed by atoms with Gasteiger partial charge in [-0.2, -0.15) is 0 Å². The lowest BCUT2D eigenvalue weighted by atomic mass is 9.76. The molecule has 2 heterocycles. The quantitative estimate of drug-likeness (QED) is 0.284. The fourth-order valence-electron chi connectivity index (χ4n) is 4.02. The van der Waals surface area contributed by atoms with Crippen LogP contribution in [-0.4, -0.2) is 33.2 Å². The molecular formula is C22H24IN3O4S. The monoisotopic (exact) mass is 553 g/mol. The van der Waals surface area contributed by atoms with Gasteiger partial charge in [0, 0.05) is 28.9 Å². The third-order valence-corrected chi connectivity index (χ3v) is 7.70. The second kappa shape index (κ2) is 8.85. The number of phenolic OH excluding ortho intramolecular Hbond substituents is 1. The first-order valence-corrected chi connectivity index (χ1v) is 12.2. The number of ketones is 1. The number of ether oxygens (including phenoxy) is 1. The van der Waals surface area contributed by atoms with Gasteiger partial charge in [-0.3, -0.25) is 9.59 Å². The Balaban J connectivity index is 1.93. The Bertz CT molecular complexity index is 1140. The van der Waals surface area contributed by atoms with Crippen LogP contribution < -0.4 is 15.6 Å². The van der Waals surface area contributed by atoms with Crippen LogP contribution in [0.3, 0.4) is 0 Å². The lowest BCUT2D eigenvalue weighted by Crippen LogP contribution is -2.32. The summed E-state index contributed by atoms with van der Waals surface area (Å²) in [7, 11) is 1.48. The lowest BCUT2D eigenvalue weighted by molar-refractivity contribution is -0.116. The normalized spacial score (nSPS) is 18.8. The maximum Gasteiger partial charge on any atom is 0.257 e. The van der Waals surface area contributed by atoms with Crippen molar-refractivity contribution in [2.24, 2.45) is 0 Å². The molecule has 1 aromatic heterocycles. The smallest absolute Gasteiger partial charge is 0.257 e. The molecule has 1 aromatic carbocycles. The standard InChI is InChI=1S/C22H24IN3O4S/c1-4-10(2)31-22-25-20-18(21(29)26-22)16(17-13(24-20)6-5-7-14(17)27)11-8-12(23)19(28)15(9-11)30-3/h8-10,16,28H,4-7H2,1-3H3,(H2,24,25,26,29). The van der Waals surface area contributed by atoms with Gasteiger partial charge < -0.3 is 20.1 Å². The summed E-state index contributed by atoms with van der Waals surface area (Å²) < 4.78 is 5.93. The Labute approximate surface area is 198 Å². The molecule has 0 bridgehead atoms. The van der Waals surface area contributed by atoms with Gasteiger partial charge in [0.1, 0.15) is 5.82 Å². The number of aromatic nitrogens is 2. The first-order valence-electron chi connectivity index (χ1n) is 10.2. The van der Waals surface area contributed by atoms with Gasteiger partial charge in [0.2, 0.25) is 0 Å². The third-order valence-electron chi connectivity index (χ3n) is 5.73. The van der Waals surface area contributed by atoms with Crippen molar-refractivity contribution in [3.8, 4) is 11.5 Å². The Morgan fingerprint density at radius 3 is 2.84 bits per heavy atom. The predicted molar refractivity (Wildman–Crippen MR) is 129 cm³/mol. The number of anilines is 1. The number of H-pyrrole nitrogens is 1. The zero-order valence-electron chi connectivity index (χ0n) is 17.5. The third kappa shape index (κ3) is 4.09. The molecule has 2 aromatic rings. The Kier molecular flexibility index (Phi) is 6.34. The van der Waals surface area contributed by atoms with Crippen molar-refractivity contribution in [1.82, 2.24) is 9.97 Å². The summed E-state index contributed by atoms with van der Waals surface area (Å²) in [5.41, 5.74) is 2.32. The molecule has 0 saturated carbocycles. The van der Waals surface area contributed by atoms with Crippen LogP contribution in [-0.2, 0) is 4.79 Å². The molecule has 0 spiro atoms. The number of fused-ring (bicyclic) bond motifs is 1. The molecule has 164 valence electrons. The summed E-state index contributed by atoms with van der Waals surface area (Å²) in [5.74, 6) is 0.304. The molecule has 1 aliphatic heterocycles. The minimum Gasteiger partial charge on any atom is -0.504 e. The number of carbonyl (C=O) groups is 1. The highest BCUT2D eigenvalue weighted by molar-refractivity contribution is 14.1. The number of hydrogen-bond donors (Lipinski definition) is 3. The predicted octanol–water partition coefficient (Wildman–Crippen LogP) is 4.54. The van der Waals surface area contributed by atoms with E-state index >= 15 is 0 Å². The number of phenols is 1. The van der Waals surface area contributed by atoms with E-state index in [1.54, 1.807) is 12.1 Å². The highest BCUT2D eigenvalue weighted by atomic mass is 127. The van der Waals surface area contributed by atoms with Crippen molar-refractivity contribution in [3.05, 3.63) is 48.5 Å². The minimum absolute atomic E-state index is 0.0314. The molecule has 0 saturated heterocycles. The van der Waals surface area contributed by atoms with Crippen LogP contribution in [0.15, 0.2) is 33.4 Å². The largest absolute Gasteiger partial charge is 0.504 e. The first kappa shape index (κ1) is 22.2. The molecular weight excluding hydrogens is 529 g/mol. The second-order valence-electron chi connectivity index (χ2n) is 7.75. The van der Waals surface area contributed by atoms with E-state index in [1.807, 2.05) is 22.6 Å². The molecule has 2 aliphatic rings. The van der Waals surface area contributed by atoms with Crippen LogP contribution in [0.2, 0.25) is 0 Å². The van der Waals surface area contributed by atoms with Gasteiger partial charge >= 0.3 is 0 Å². The van der Waals surface area contributed by atoms with Crippen LogP contribution in [0.4, 0.5) is 5.82 Å². The van der Waals surface area contributed by atoms with Crippen molar-refractivity contribution in [2.45, 2.75) is 55.9 Å². The maximum atomic E-state index is 13.3. The number of benzene rings is 1. The molecule has 0 fully saturated rings. The SMILES string of the molecule is CCC(C)Sc1nc2c(c(=O)[nH]1)C(c1cc(I)c(O)c(OC)c1)C1=C(CCCC1=O)N2. The van der Waals surface area contributed by atoms with Crippen molar-refractivity contribution in [3.63, 3.8) is 0 Å². The van der Waals surface area contributed by atoms with Crippen LogP contribution >= 0.6 is 34.4 Å². The number of nitrogens with zero attached hydrogens (tertiary/aromatic N) is 1. The molecule has 9 heteroatoms. The molecule has 0 radical (unpaired) electrons. The van der Waals surface area contributed by atoms with Crippen molar-refractivity contribution >= 4 is 46.0 Å². The highest BCUT2D eigenvalue weighted by Crippen LogP contribution is 2.46. The van der Waals surface area contributed by atoms with Crippen LogP contribution in [0.25, 0.3) is 0 Å². The second-order valence-corrected chi connectivity index (χ2v) is 10.3. The molecule has 1 aliphatic carbocycles. The summed E-state index contributed by atoms with van der Waals surface area (Å²) in [5, 5.41) is 14.5. The molecule has 2 atom stereocenters. The van der Waals surface area contributed by atoms with Crippen molar-refractivity contribution in [2.75, 3.05) is 12.4 Å². The van der Waals surface area contributed by atoms with Gasteiger partial charge in [0.05, 0.1) is 16.2 Å². The van der Waals surface area contributed by atoms with Gasteiger partial charge in [-0.15, -0.1) is 0 Å². The number of halogens is 1. The van der Waals surface area contributed by atoms with E-state index < -0.39 is 5.92 Å².